The lowest BCUT2D eigenvalue weighted by Crippen LogP contribution is -2.29. The van der Waals surface area contributed by atoms with Crippen LogP contribution in [0.3, 0.4) is 0 Å². The number of halogens is 1. The van der Waals surface area contributed by atoms with Crippen molar-refractivity contribution >= 4 is 40.0 Å². The van der Waals surface area contributed by atoms with Gasteiger partial charge in [0.05, 0.1) is 5.69 Å². The van der Waals surface area contributed by atoms with Gasteiger partial charge in [0.1, 0.15) is 23.1 Å². The van der Waals surface area contributed by atoms with E-state index in [9.17, 15) is 14.9 Å². The number of H-pyrrole nitrogens is 1. The Morgan fingerprint density at radius 3 is 2.50 bits per heavy atom. The highest BCUT2D eigenvalue weighted by Crippen LogP contribution is 2.26. The van der Waals surface area contributed by atoms with Gasteiger partial charge in [0.2, 0.25) is 5.78 Å². The van der Waals surface area contributed by atoms with E-state index in [0.717, 1.165) is 16.5 Å². The zero-order valence-electron chi connectivity index (χ0n) is 22.1. The van der Waals surface area contributed by atoms with Gasteiger partial charge in [-0.25, -0.2) is 4.68 Å². The fourth-order valence-corrected chi connectivity index (χ4v) is 4.60. The van der Waals surface area contributed by atoms with Crippen molar-refractivity contribution in [2.45, 2.75) is 13.3 Å². The number of aromatic nitrogens is 3. The summed E-state index contributed by atoms with van der Waals surface area (Å²) in [6.45, 7) is 2.86. The number of para-hydroxylation sites is 1. The number of aromatic amines is 1. The van der Waals surface area contributed by atoms with E-state index in [1.165, 1.54) is 0 Å². The van der Waals surface area contributed by atoms with Crippen LogP contribution in [0.2, 0.25) is 5.02 Å². The molecule has 5 rings (SSSR count). The van der Waals surface area contributed by atoms with Crippen LogP contribution in [0.25, 0.3) is 16.6 Å². The molecule has 0 saturated heterocycles. The molecule has 0 radical (unpaired) electrons. The number of amides is 1. The van der Waals surface area contributed by atoms with E-state index >= 15 is 0 Å². The first-order valence-electron chi connectivity index (χ1n) is 12.8. The fourth-order valence-electron chi connectivity index (χ4n) is 4.48. The number of aryl methyl sites for hydroxylation is 1. The normalized spacial score (nSPS) is 10.8. The van der Waals surface area contributed by atoms with Crippen LogP contribution in [0.15, 0.2) is 78.9 Å². The SMILES string of the molecule is Cc1ccc(C(=O)c2nn(-c3ccc(Cl)cc3)c(NCCCN(C)C(=O)c3cc4ccccc4[nH]3)c2C#N)cc1. The minimum atomic E-state index is -0.337. The van der Waals surface area contributed by atoms with Gasteiger partial charge in [-0.15, -0.1) is 0 Å². The van der Waals surface area contributed by atoms with Crippen molar-refractivity contribution in [2.24, 2.45) is 0 Å². The standard InChI is InChI=1S/C31H27ClN6O2/c1-20-8-10-21(11-9-20)29(39)28-25(19-33)30(38(36-28)24-14-12-23(32)13-15-24)34-16-5-17-37(2)31(40)27-18-22-6-3-4-7-26(22)35-27/h3-4,6-15,18,34-35H,5,16-17H2,1-2H3. The van der Waals surface area contributed by atoms with Crippen LogP contribution >= 0.6 is 11.6 Å². The summed E-state index contributed by atoms with van der Waals surface area (Å²) in [4.78, 5) is 31.1. The van der Waals surface area contributed by atoms with Crippen molar-refractivity contribution in [3.8, 4) is 11.8 Å². The zero-order valence-corrected chi connectivity index (χ0v) is 22.9. The highest BCUT2D eigenvalue weighted by Gasteiger charge is 2.25. The van der Waals surface area contributed by atoms with Crippen LogP contribution < -0.4 is 5.32 Å². The first-order valence-corrected chi connectivity index (χ1v) is 13.2. The van der Waals surface area contributed by atoms with E-state index in [1.807, 2.05) is 49.4 Å². The summed E-state index contributed by atoms with van der Waals surface area (Å²) in [6.07, 6.45) is 0.598. The van der Waals surface area contributed by atoms with Crippen LogP contribution in [-0.2, 0) is 0 Å². The van der Waals surface area contributed by atoms with Crippen molar-refractivity contribution in [3.63, 3.8) is 0 Å². The molecule has 0 bridgehead atoms. The first-order chi connectivity index (χ1) is 19.4. The number of ketones is 1. The zero-order chi connectivity index (χ0) is 28.2. The van der Waals surface area contributed by atoms with Crippen molar-refractivity contribution in [3.05, 3.63) is 112 Å². The monoisotopic (exact) mass is 550 g/mol. The fraction of sp³-hybridized carbons (Fsp3) is 0.161. The lowest BCUT2D eigenvalue weighted by molar-refractivity contribution is 0.0789. The molecule has 8 nitrogen and oxygen atoms in total. The Morgan fingerprint density at radius 2 is 1.80 bits per heavy atom. The second-order valence-electron chi connectivity index (χ2n) is 9.54. The van der Waals surface area contributed by atoms with E-state index < -0.39 is 0 Å². The smallest absolute Gasteiger partial charge is 0.270 e. The number of hydrogen-bond donors (Lipinski definition) is 2. The molecule has 0 aliphatic heterocycles. The Kier molecular flexibility index (Phi) is 7.67. The summed E-state index contributed by atoms with van der Waals surface area (Å²) in [7, 11) is 1.75. The number of anilines is 1. The predicted molar refractivity (Wildman–Crippen MR) is 156 cm³/mol. The van der Waals surface area contributed by atoms with E-state index in [0.29, 0.717) is 47.3 Å². The Morgan fingerprint density at radius 1 is 1.07 bits per heavy atom. The Labute approximate surface area is 236 Å². The lowest BCUT2D eigenvalue weighted by atomic mass is 10.0. The van der Waals surface area contributed by atoms with Crippen molar-refractivity contribution in [1.82, 2.24) is 19.7 Å². The number of rotatable bonds is 9. The van der Waals surface area contributed by atoms with Gasteiger partial charge in [0.25, 0.3) is 5.91 Å². The summed E-state index contributed by atoms with van der Waals surface area (Å²) >= 11 is 6.08. The molecule has 200 valence electrons. The van der Waals surface area contributed by atoms with Gasteiger partial charge in [-0.3, -0.25) is 9.59 Å². The maximum Gasteiger partial charge on any atom is 0.270 e. The molecule has 1 amide bonds. The molecule has 0 spiro atoms. The molecule has 0 atom stereocenters. The number of carbonyl (C=O) groups is 2. The van der Waals surface area contributed by atoms with Crippen molar-refractivity contribution in [1.29, 1.82) is 5.26 Å². The van der Waals surface area contributed by atoms with E-state index in [4.69, 9.17) is 11.6 Å². The van der Waals surface area contributed by atoms with Crippen LogP contribution in [-0.4, -0.2) is 51.5 Å². The summed E-state index contributed by atoms with van der Waals surface area (Å²) in [5, 5.41) is 19.5. The molecular weight excluding hydrogens is 524 g/mol. The Hall–Kier alpha value is -4.87. The molecule has 0 aliphatic carbocycles. The molecule has 2 aromatic heterocycles. The molecule has 0 aliphatic rings. The Balaban J connectivity index is 1.35. The van der Waals surface area contributed by atoms with Gasteiger partial charge in [0.15, 0.2) is 5.69 Å². The van der Waals surface area contributed by atoms with Crippen LogP contribution in [0, 0.1) is 18.3 Å². The number of benzene rings is 3. The van der Waals surface area contributed by atoms with Crippen LogP contribution in [0.1, 0.15) is 44.1 Å². The van der Waals surface area contributed by atoms with Gasteiger partial charge in [0, 0.05) is 41.6 Å². The van der Waals surface area contributed by atoms with Gasteiger partial charge in [-0.2, -0.15) is 10.4 Å². The third-order valence-electron chi connectivity index (χ3n) is 6.67. The summed E-state index contributed by atoms with van der Waals surface area (Å²) in [5.74, 6) is -0.0352. The molecule has 0 fully saturated rings. The minimum absolute atomic E-state index is 0.0647. The van der Waals surface area contributed by atoms with Crippen molar-refractivity contribution < 1.29 is 9.59 Å². The number of hydrogen-bond acceptors (Lipinski definition) is 5. The third kappa shape index (κ3) is 5.46. The average Bonchev–Trinajstić information content (AvgIpc) is 3.57. The topological polar surface area (TPSA) is 107 Å². The summed E-state index contributed by atoms with van der Waals surface area (Å²) in [6, 6.07) is 25.9. The molecule has 2 N–H and O–H groups in total. The lowest BCUT2D eigenvalue weighted by Gasteiger charge is -2.17. The molecular formula is C31H27ClN6O2. The minimum Gasteiger partial charge on any atom is -0.369 e. The largest absolute Gasteiger partial charge is 0.369 e. The summed E-state index contributed by atoms with van der Waals surface area (Å²) in [5.41, 5.74) is 3.79. The second kappa shape index (κ2) is 11.5. The predicted octanol–water partition coefficient (Wildman–Crippen LogP) is 5.99. The second-order valence-corrected chi connectivity index (χ2v) is 9.98. The van der Waals surface area contributed by atoms with Gasteiger partial charge in [-0.05, 0) is 49.7 Å². The molecule has 0 saturated carbocycles. The number of fused-ring (bicyclic) bond motifs is 1. The molecule has 0 unspecified atom stereocenters. The number of nitrogens with zero attached hydrogens (tertiary/aromatic N) is 4. The number of carbonyl (C=O) groups excluding carboxylic acids is 2. The maximum absolute atomic E-state index is 13.4. The number of nitriles is 1. The van der Waals surface area contributed by atoms with E-state index in [-0.39, 0.29) is 22.9 Å². The van der Waals surface area contributed by atoms with Crippen LogP contribution in [0.5, 0.6) is 0 Å². The van der Waals surface area contributed by atoms with Gasteiger partial charge < -0.3 is 15.2 Å². The molecule has 9 heteroatoms. The van der Waals surface area contributed by atoms with Gasteiger partial charge in [-0.1, -0.05) is 59.6 Å². The van der Waals surface area contributed by atoms with Gasteiger partial charge >= 0.3 is 0 Å². The highest BCUT2D eigenvalue weighted by atomic mass is 35.5. The average molecular weight is 551 g/mol. The third-order valence-corrected chi connectivity index (χ3v) is 6.92. The molecule has 5 aromatic rings. The van der Waals surface area contributed by atoms with Crippen molar-refractivity contribution in [2.75, 3.05) is 25.5 Å². The molecule has 3 aromatic carbocycles. The molecule has 40 heavy (non-hydrogen) atoms. The quantitative estimate of drug-likeness (QED) is 0.173. The maximum atomic E-state index is 13.4. The van der Waals surface area contributed by atoms with Crippen LogP contribution in [0.4, 0.5) is 5.82 Å². The Bertz CT molecular complexity index is 1700. The first kappa shape index (κ1) is 26.7. The van der Waals surface area contributed by atoms with E-state index in [2.05, 4.69) is 21.5 Å². The summed E-state index contributed by atoms with van der Waals surface area (Å²) < 4.78 is 1.55. The highest BCUT2D eigenvalue weighted by molar-refractivity contribution is 6.30. The number of nitrogens with one attached hydrogen (secondary N) is 2. The van der Waals surface area contributed by atoms with E-state index in [1.54, 1.807) is 53.0 Å². The molecule has 2 heterocycles.